The van der Waals surface area contributed by atoms with Gasteiger partial charge in [0.1, 0.15) is 24.1 Å². The van der Waals surface area contributed by atoms with Crippen LogP contribution in [0.25, 0.3) is 0 Å². The number of aliphatic hydroxyl groups is 3. The molecule has 5 N–H and O–H groups in total. The molecule has 1 aliphatic heterocycles. The predicted octanol–water partition coefficient (Wildman–Crippen LogP) is -1.46. The molecule has 2 fully saturated rings. The van der Waals surface area contributed by atoms with Gasteiger partial charge in [-0.15, -0.1) is 0 Å². The van der Waals surface area contributed by atoms with Crippen molar-refractivity contribution in [2.45, 2.75) is 43.3 Å². The molecule has 0 radical (unpaired) electrons. The molecule has 1 aromatic heterocycles. The topological polar surface area (TPSA) is 157 Å². The van der Waals surface area contributed by atoms with E-state index in [4.69, 9.17) is 15.2 Å². The molecule has 3 rings (SSSR count). The molecular weight excluding hydrogens is 461 g/mol. The number of anilines is 1. The molecule has 4 atom stereocenters. The van der Waals surface area contributed by atoms with Gasteiger partial charge in [-0.1, -0.05) is 6.42 Å². The average molecular weight is 481 g/mol. The molecule has 1 saturated heterocycles. The zero-order valence-corrected chi connectivity index (χ0v) is 15.9. The van der Waals surface area contributed by atoms with E-state index >= 15 is 0 Å². The van der Waals surface area contributed by atoms with Gasteiger partial charge in [0.2, 0.25) is 0 Å². The molecule has 0 unspecified atom stereocenters. The van der Waals surface area contributed by atoms with Gasteiger partial charge in [0.15, 0.2) is 0 Å². The van der Waals surface area contributed by atoms with Crippen LogP contribution in [-0.2, 0) is 20.0 Å². The second-order valence-electron chi connectivity index (χ2n) is 6.49. The second kappa shape index (κ2) is 7.38. The van der Waals surface area contributed by atoms with Crippen LogP contribution in [0.3, 0.4) is 0 Å². The summed E-state index contributed by atoms with van der Waals surface area (Å²) in [4.78, 5) is 28.8. The van der Waals surface area contributed by atoms with Crippen molar-refractivity contribution in [3.05, 3.63) is 20.3 Å². The number of halogens is 1. The van der Waals surface area contributed by atoms with Crippen molar-refractivity contribution in [2.24, 2.45) is 5.92 Å². The number of hydrogen-bond donors (Lipinski definition) is 4. The minimum absolute atomic E-state index is 0.0448. The Hall–Kier alpha value is -1.28. The number of nitrogens with zero attached hydrogens (tertiary/aromatic N) is 2. The van der Waals surface area contributed by atoms with Gasteiger partial charge < -0.3 is 30.5 Å². The largest absolute Gasteiger partial charge is 0.462 e. The molecule has 0 amide bonds. The minimum Gasteiger partial charge on any atom is -0.462 e. The van der Waals surface area contributed by atoms with Crippen molar-refractivity contribution < 1.29 is 29.6 Å². The fraction of sp³-hybridized carbons (Fsp3) is 0.667. The lowest BCUT2D eigenvalue weighted by Crippen LogP contribution is -2.57. The van der Waals surface area contributed by atoms with Crippen LogP contribution in [0.1, 0.15) is 19.3 Å². The van der Waals surface area contributed by atoms with Crippen molar-refractivity contribution in [1.29, 1.82) is 0 Å². The standard InChI is InChI=1S/C15H20IN3O7/c16-8-4-19(14(24)18-12(8)17)15(11(22)10(21)9(5-20)26-15)13(23)25-6-7-2-1-3-7/h4,7,9-11,20-22H,1-3,5-6H2,(H2,17,18,24)/t9-,10-,11-,15+/m1/s1. The molecule has 2 aliphatic rings. The number of carbonyl (C=O) groups is 1. The Morgan fingerprint density at radius 3 is 2.73 bits per heavy atom. The van der Waals surface area contributed by atoms with Gasteiger partial charge in [0, 0.05) is 6.20 Å². The van der Waals surface area contributed by atoms with Gasteiger partial charge in [-0.05, 0) is 41.4 Å². The average Bonchev–Trinajstić information content (AvgIpc) is 2.82. The molecule has 10 nitrogen and oxygen atoms in total. The molecule has 1 aliphatic carbocycles. The van der Waals surface area contributed by atoms with Crippen LogP contribution in [0.2, 0.25) is 0 Å². The molecule has 26 heavy (non-hydrogen) atoms. The summed E-state index contributed by atoms with van der Waals surface area (Å²) in [5.41, 5.74) is 2.30. The number of ether oxygens (including phenoxy) is 2. The molecular formula is C15H20IN3O7. The highest BCUT2D eigenvalue weighted by Gasteiger charge is 2.62. The normalized spacial score (nSPS) is 31.6. The molecule has 0 spiro atoms. The zero-order valence-electron chi connectivity index (χ0n) is 13.7. The lowest BCUT2D eigenvalue weighted by atomic mass is 9.86. The molecule has 1 aromatic rings. The summed E-state index contributed by atoms with van der Waals surface area (Å²) in [5, 5.41) is 30.1. The molecule has 0 aromatic carbocycles. The lowest BCUT2D eigenvalue weighted by Gasteiger charge is -2.33. The van der Waals surface area contributed by atoms with E-state index in [2.05, 4.69) is 4.98 Å². The van der Waals surface area contributed by atoms with Crippen molar-refractivity contribution >= 4 is 34.4 Å². The summed E-state index contributed by atoms with van der Waals surface area (Å²) in [6.45, 7) is -0.547. The van der Waals surface area contributed by atoms with Crippen LogP contribution in [-0.4, -0.2) is 62.4 Å². The predicted molar refractivity (Wildman–Crippen MR) is 95.9 cm³/mol. The Bertz CT molecular complexity index is 753. The van der Waals surface area contributed by atoms with E-state index in [1.165, 1.54) is 6.20 Å². The Balaban J connectivity index is 2.03. The van der Waals surface area contributed by atoms with Gasteiger partial charge in [-0.2, -0.15) is 4.98 Å². The van der Waals surface area contributed by atoms with Crippen molar-refractivity contribution in [3.8, 4) is 0 Å². The molecule has 1 saturated carbocycles. The number of carbonyl (C=O) groups excluding carboxylic acids is 1. The first-order chi connectivity index (χ1) is 12.3. The first-order valence-corrected chi connectivity index (χ1v) is 9.26. The summed E-state index contributed by atoms with van der Waals surface area (Å²) in [6.07, 6.45) is -0.614. The van der Waals surface area contributed by atoms with Crippen LogP contribution in [0.15, 0.2) is 11.0 Å². The second-order valence-corrected chi connectivity index (χ2v) is 7.65. The molecule has 11 heteroatoms. The lowest BCUT2D eigenvalue weighted by molar-refractivity contribution is -0.204. The highest BCUT2D eigenvalue weighted by atomic mass is 127. The van der Waals surface area contributed by atoms with Crippen LogP contribution in [0.5, 0.6) is 0 Å². The Morgan fingerprint density at radius 2 is 2.19 bits per heavy atom. The summed E-state index contributed by atoms with van der Waals surface area (Å²) < 4.78 is 11.9. The maximum atomic E-state index is 12.9. The van der Waals surface area contributed by atoms with Crippen molar-refractivity contribution in [1.82, 2.24) is 9.55 Å². The Morgan fingerprint density at radius 1 is 1.50 bits per heavy atom. The van der Waals surface area contributed by atoms with E-state index in [-0.39, 0.29) is 18.3 Å². The summed E-state index contributed by atoms with van der Waals surface area (Å²) in [5.74, 6) is -0.859. The maximum absolute atomic E-state index is 12.9. The minimum atomic E-state index is -2.35. The number of nitrogen functional groups attached to an aromatic ring is 1. The SMILES string of the molecule is Nc1nc(=O)n([C@]2(C(=O)OCC3CCC3)O[C@H](CO)[C@@H](O)[C@H]2O)cc1I. The molecule has 144 valence electrons. The highest BCUT2D eigenvalue weighted by Crippen LogP contribution is 2.37. The van der Waals surface area contributed by atoms with E-state index in [0.29, 0.717) is 3.57 Å². The van der Waals surface area contributed by atoms with Gasteiger partial charge in [0.25, 0.3) is 5.72 Å². The maximum Gasteiger partial charge on any atom is 0.363 e. The third-order valence-electron chi connectivity index (χ3n) is 4.85. The number of nitrogens with two attached hydrogens (primary N) is 1. The van der Waals surface area contributed by atoms with Crippen molar-refractivity contribution in [3.63, 3.8) is 0 Å². The Kier molecular flexibility index (Phi) is 5.53. The van der Waals surface area contributed by atoms with Crippen LogP contribution < -0.4 is 11.4 Å². The van der Waals surface area contributed by atoms with Crippen LogP contribution >= 0.6 is 22.6 Å². The van der Waals surface area contributed by atoms with Gasteiger partial charge in [-0.3, -0.25) is 4.57 Å². The van der Waals surface area contributed by atoms with Gasteiger partial charge in [0.05, 0.1) is 16.8 Å². The third kappa shape index (κ3) is 3.11. The number of hydrogen-bond acceptors (Lipinski definition) is 9. The number of rotatable bonds is 5. The van der Waals surface area contributed by atoms with Crippen molar-refractivity contribution in [2.75, 3.05) is 18.9 Å². The fourth-order valence-corrected chi connectivity index (χ4v) is 3.46. The third-order valence-corrected chi connectivity index (χ3v) is 5.68. The van der Waals surface area contributed by atoms with E-state index in [1.54, 1.807) is 0 Å². The van der Waals surface area contributed by atoms with Gasteiger partial charge >= 0.3 is 11.7 Å². The zero-order chi connectivity index (χ0) is 19.1. The quantitative estimate of drug-likeness (QED) is 0.292. The number of esters is 1. The highest BCUT2D eigenvalue weighted by molar-refractivity contribution is 14.1. The van der Waals surface area contributed by atoms with Crippen LogP contribution in [0.4, 0.5) is 5.82 Å². The molecule has 2 heterocycles. The first kappa shape index (κ1) is 19.5. The summed E-state index contributed by atoms with van der Waals surface area (Å²) in [6, 6.07) is 0. The van der Waals surface area contributed by atoms with E-state index < -0.39 is 42.3 Å². The first-order valence-electron chi connectivity index (χ1n) is 8.18. The monoisotopic (exact) mass is 481 g/mol. The molecule has 0 bridgehead atoms. The summed E-state index contributed by atoms with van der Waals surface area (Å²) >= 11 is 1.81. The van der Waals surface area contributed by atoms with Crippen LogP contribution in [0, 0.1) is 9.49 Å². The van der Waals surface area contributed by atoms with E-state index in [1.807, 2.05) is 22.6 Å². The number of aromatic nitrogens is 2. The number of aliphatic hydroxyl groups excluding tert-OH is 3. The smallest absolute Gasteiger partial charge is 0.363 e. The van der Waals surface area contributed by atoms with Gasteiger partial charge in [-0.25, -0.2) is 9.59 Å². The fourth-order valence-electron chi connectivity index (χ4n) is 3.06. The van der Waals surface area contributed by atoms with E-state index in [9.17, 15) is 24.9 Å². The Labute approximate surface area is 162 Å². The van der Waals surface area contributed by atoms with E-state index in [0.717, 1.165) is 23.8 Å². The summed E-state index contributed by atoms with van der Waals surface area (Å²) in [7, 11) is 0.